The first-order valence-corrected chi connectivity index (χ1v) is 7.11. The molecule has 2 N–H and O–H groups in total. The van der Waals surface area contributed by atoms with E-state index >= 15 is 0 Å². The van der Waals surface area contributed by atoms with Gasteiger partial charge in [-0.15, -0.1) is 0 Å². The Labute approximate surface area is 128 Å². The molecule has 0 fully saturated rings. The minimum absolute atomic E-state index is 0.0158. The summed E-state index contributed by atoms with van der Waals surface area (Å²) in [7, 11) is 1.64. The molecular weight excluding hydrogens is 278 g/mol. The van der Waals surface area contributed by atoms with Crippen molar-refractivity contribution in [1.29, 1.82) is 0 Å². The number of aromatic amines is 1. The van der Waals surface area contributed by atoms with Crippen LogP contribution in [0.25, 0.3) is 10.9 Å². The largest absolute Gasteiger partial charge is 0.497 e. The van der Waals surface area contributed by atoms with Gasteiger partial charge in [0.2, 0.25) is 5.91 Å². The van der Waals surface area contributed by atoms with Gasteiger partial charge >= 0.3 is 0 Å². The zero-order valence-corrected chi connectivity index (χ0v) is 12.3. The highest BCUT2D eigenvalue weighted by Crippen LogP contribution is 2.20. The van der Waals surface area contributed by atoms with E-state index in [1.54, 1.807) is 13.3 Å². The maximum absolute atomic E-state index is 12.1. The molecule has 0 aliphatic rings. The van der Waals surface area contributed by atoms with E-state index in [0.717, 1.165) is 27.9 Å². The summed E-state index contributed by atoms with van der Waals surface area (Å²) in [6.07, 6.45) is 2.86. The summed E-state index contributed by atoms with van der Waals surface area (Å²) >= 11 is 0. The highest BCUT2D eigenvalue weighted by atomic mass is 16.5. The maximum atomic E-state index is 12.1. The molecule has 0 aliphatic carbocycles. The van der Waals surface area contributed by atoms with Crippen molar-refractivity contribution in [2.24, 2.45) is 0 Å². The number of nitrogens with one attached hydrogen (secondary N) is 2. The molecule has 0 unspecified atom stereocenters. The van der Waals surface area contributed by atoms with Gasteiger partial charge in [0.05, 0.1) is 24.5 Å². The van der Waals surface area contributed by atoms with E-state index in [-0.39, 0.29) is 5.91 Å². The van der Waals surface area contributed by atoms with Gasteiger partial charge in [-0.25, -0.2) is 0 Å². The molecule has 112 valence electrons. The molecule has 22 heavy (non-hydrogen) atoms. The molecule has 0 aliphatic heterocycles. The molecule has 0 spiro atoms. The lowest BCUT2D eigenvalue weighted by atomic mass is 10.1. The third kappa shape index (κ3) is 3.09. The maximum Gasteiger partial charge on any atom is 0.224 e. The number of hydrogen-bond acceptors (Lipinski definition) is 3. The van der Waals surface area contributed by atoms with Gasteiger partial charge in [-0.05, 0) is 30.2 Å². The Kier molecular flexibility index (Phi) is 4.05. The van der Waals surface area contributed by atoms with Crippen LogP contribution in [0.15, 0.2) is 48.7 Å². The van der Waals surface area contributed by atoms with Crippen LogP contribution in [0.2, 0.25) is 0 Å². The number of carbonyl (C=O) groups excluding carboxylic acids is 1. The van der Waals surface area contributed by atoms with Gasteiger partial charge in [0.25, 0.3) is 0 Å². The number of H-pyrrole nitrogens is 1. The van der Waals surface area contributed by atoms with Crippen molar-refractivity contribution >= 4 is 22.5 Å². The molecule has 0 atom stereocenters. The Morgan fingerprint density at radius 2 is 2.05 bits per heavy atom. The molecule has 0 saturated carbocycles. The molecule has 1 aromatic heterocycles. The number of benzene rings is 2. The SMILES string of the molecule is COc1ccc(CCC(=O)Nc2cccc3cn[nH]c23)cc1. The average Bonchev–Trinajstić information content (AvgIpc) is 3.03. The lowest BCUT2D eigenvalue weighted by molar-refractivity contribution is -0.116. The van der Waals surface area contributed by atoms with Crippen LogP contribution in [0.3, 0.4) is 0 Å². The van der Waals surface area contributed by atoms with Gasteiger partial charge in [-0.1, -0.05) is 24.3 Å². The predicted molar refractivity (Wildman–Crippen MR) is 86.0 cm³/mol. The molecule has 0 bridgehead atoms. The molecule has 3 rings (SSSR count). The fraction of sp³-hybridized carbons (Fsp3) is 0.176. The van der Waals surface area contributed by atoms with Gasteiger partial charge in [0, 0.05) is 11.8 Å². The Bertz CT molecular complexity index is 778. The van der Waals surface area contributed by atoms with E-state index in [1.807, 2.05) is 42.5 Å². The lowest BCUT2D eigenvalue weighted by Crippen LogP contribution is -2.12. The van der Waals surface area contributed by atoms with Crippen molar-refractivity contribution in [3.05, 3.63) is 54.2 Å². The number of aryl methyl sites for hydroxylation is 1. The van der Waals surface area contributed by atoms with Crippen molar-refractivity contribution in [2.75, 3.05) is 12.4 Å². The highest BCUT2D eigenvalue weighted by Gasteiger charge is 2.07. The minimum Gasteiger partial charge on any atom is -0.497 e. The molecule has 1 amide bonds. The van der Waals surface area contributed by atoms with Crippen LogP contribution in [0.4, 0.5) is 5.69 Å². The van der Waals surface area contributed by atoms with Crippen LogP contribution in [-0.2, 0) is 11.2 Å². The van der Waals surface area contributed by atoms with E-state index in [0.29, 0.717) is 12.8 Å². The van der Waals surface area contributed by atoms with Crippen LogP contribution in [-0.4, -0.2) is 23.2 Å². The number of amides is 1. The number of fused-ring (bicyclic) bond motifs is 1. The molecule has 0 saturated heterocycles. The third-order valence-corrected chi connectivity index (χ3v) is 3.55. The summed E-state index contributed by atoms with van der Waals surface area (Å²) in [5, 5.41) is 10.8. The summed E-state index contributed by atoms with van der Waals surface area (Å²) < 4.78 is 5.12. The molecule has 3 aromatic rings. The Balaban J connectivity index is 1.61. The lowest BCUT2D eigenvalue weighted by Gasteiger charge is -2.07. The third-order valence-electron chi connectivity index (χ3n) is 3.55. The number of hydrogen-bond donors (Lipinski definition) is 2. The van der Waals surface area contributed by atoms with Crippen LogP contribution in [0.5, 0.6) is 5.75 Å². The zero-order valence-electron chi connectivity index (χ0n) is 12.3. The number of para-hydroxylation sites is 1. The quantitative estimate of drug-likeness (QED) is 0.760. The smallest absolute Gasteiger partial charge is 0.224 e. The van der Waals surface area contributed by atoms with Gasteiger partial charge in [-0.3, -0.25) is 9.89 Å². The van der Waals surface area contributed by atoms with Gasteiger partial charge < -0.3 is 10.1 Å². The Morgan fingerprint density at radius 1 is 1.23 bits per heavy atom. The number of anilines is 1. The first-order chi connectivity index (χ1) is 10.8. The van der Waals surface area contributed by atoms with E-state index < -0.39 is 0 Å². The Morgan fingerprint density at radius 3 is 2.82 bits per heavy atom. The molecule has 2 aromatic carbocycles. The standard InChI is InChI=1S/C17H17N3O2/c1-22-14-8-5-12(6-9-14)7-10-16(21)19-15-4-2-3-13-11-18-20-17(13)15/h2-6,8-9,11H,7,10H2,1H3,(H,18,20)(H,19,21). The summed E-state index contributed by atoms with van der Waals surface area (Å²) in [6.45, 7) is 0. The monoisotopic (exact) mass is 295 g/mol. The predicted octanol–water partition coefficient (Wildman–Crippen LogP) is 3.14. The van der Waals surface area contributed by atoms with Crippen molar-refractivity contribution in [2.45, 2.75) is 12.8 Å². The van der Waals surface area contributed by atoms with Gasteiger partial charge in [0.15, 0.2) is 0 Å². The van der Waals surface area contributed by atoms with Crippen molar-refractivity contribution in [1.82, 2.24) is 10.2 Å². The Hall–Kier alpha value is -2.82. The second kappa shape index (κ2) is 6.30. The summed E-state index contributed by atoms with van der Waals surface area (Å²) in [5.74, 6) is 0.803. The second-order valence-electron chi connectivity index (χ2n) is 5.04. The first kappa shape index (κ1) is 14.1. The molecule has 0 radical (unpaired) electrons. The van der Waals surface area contributed by atoms with Crippen molar-refractivity contribution in [3.63, 3.8) is 0 Å². The van der Waals surface area contributed by atoms with Crippen LogP contribution < -0.4 is 10.1 Å². The van der Waals surface area contributed by atoms with Crippen LogP contribution in [0, 0.1) is 0 Å². The minimum atomic E-state index is -0.0158. The summed E-state index contributed by atoms with van der Waals surface area (Å²) in [5.41, 5.74) is 2.71. The first-order valence-electron chi connectivity index (χ1n) is 7.11. The van der Waals surface area contributed by atoms with E-state index in [9.17, 15) is 4.79 Å². The van der Waals surface area contributed by atoms with Gasteiger partial charge in [-0.2, -0.15) is 5.10 Å². The van der Waals surface area contributed by atoms with Crippen LogP contribution >= 0.6 is 0 Å². The summed E-state index contributed by atoms with van der Waals surface area (Å²) in [6, 6.07) is 13.5. The molecular formula is C17H17N3O2. The average molecular weight is 295 g/mol. The summed E-state index contributed by atoms with van der Waals surface area (Å²) in [4.78, 5) is 12.1. The van der Waals surface area contributed by atoms with Crippen molar-refractivity contribution in [3.8, 4) is 5.75 Å². The number of nitrogens with zero attached hydrogens (tertiary/aromatic N) is 1. The molecule has 5 heteroatoms. The molecule has 5 nitrogen and oxygen atoms in total. The second-order valence-corrected chi connectivity index (χ2v) is 5.04. The van der Waals surface area contributed by atoms with Gasteiger partial charge in [0.1, 0.15) is 5.75 Å². The number of ether oxygens (including phenoxy) is 1. The van der Waals surface area contributed by atoms with E-state index in [2.05, 4.69) is 15.5 Å². The number of methoxy groups -OCH3 is 1. The highest BCUT2D eigenvalue weighted by molar-refractivity contribution is 6.00. The van der Waals surface area contributed by atoms with E-state index in [1.165, 1.54) is 0 Å². The topological polar surface area (TPSA) is 67.0 Å². The fourth-order valence-electron chi connectivity index (χ4n) is 2.34. The van der Waals surface area contributed by atoms with Crippen LogP contribution in [0.1, 0.15) is 12.0 Å². The normalized spacial score (nSPS) is 10.6. The fourth-order valence-corrected chi connectivity index (χ4v) is 2.34. The molecule has 1 heterocycles. The number of carbonyl (C=O) groups is 1. The number of aromatic nitrogens is 2. The number of rotatable bonds is 5. The zero-order chi connectivity index (χ0) is 15.4. The van der Waals surface area contributed by atoms with Crippen molar-refractivity contribution < 1.29 is 9.53 Å². The van der Waals surface area contributed by atoms with E-state index in [4.69, 9.17) is 4.74 Å².